The summed E-state index contributed by atoms with van der Waals surface area (Å²) < 4.78 is 0. The van der Waals surface area contributed by atoms with Crippen LogP contribution in [0.5, 0.6) is 0 Å². The monoisotopic (exact) mass is 878 g/mol. The van der Waals surface area contributed by atoms with E-state index < -0.39 is 5.41 Å². The lowest BCUT2D eigenvalue weighted by Gasteiger charge is -2.34. The molecule has 1 unspecified atom stereocenters. The van der Waals surface area contributed by atoms with E-state index in [4.69, 9.17) is 0 Å². The first kappa shape index (κ1) is 40.3. The highest BCUT2D eigenvalue weighted by molar-refractivity contribution is 5.99. The van der Waals surface area contributed by atoms with Crippen molar-refractivity contribution in [2.24, 2.45) is 0 Å². The molecule has 0 aromatic heterocycles. The molecule has 0 N–H and O–H groups in total. The number of rotatable bonds is 9. The second kappa shape index (κ2) is 16.7. The Labute approximate surface area is 404 Å². The van der Waals surface area contributed by atoms with Crippen molar-refractivity contribution < 1.29 is 0 Å². The summed E-state index contributed by atoms with van der Waals surface area (Å²) in [6.45, 7) is 0. The molecular weight excluding hydrogens is 833 g/mol. The molecule has 0 aliphatic heterocycles. The predicted molar refractivity (Wildman–Crippen MR) is 288 cm³/mol. The third-order valence-corrected chi connectivity index (χ3v) is 14.2. The molecule has 0 amide bonds. The summed E-state index contributed by atoms with van der Waals surface area (Å²) in [6, 6.07) is 102. The van der Waals surface area contributed by atoms with Crippen LogP contribution in [0.25, 0.3) is 55.6 Å². The van der Waals surface area contributed by atoms with Crippen molar-refractivity contribution in [2.45, 2.75) is 5.41 Å². The summed E-state index contributed by atoms with van der Waals surface area (Å²) in [7, 11) is 0. The molecule has 2 aliphatic rings. The molecule has 0 bridgehead atoms. The van der Waals surface area contributed by atoms with Crippen molar-refractivity contribution in [1.29, 1.82) is 0 Å². The van der Waals surface area contributed by atoms with Gasteiger partial charge in [-0.25, -0.2) is 0 Å². The van der Waals surface area contributed by atoms with Gasteiger partial charge in [0.15, 0.2) is 0 Å². The fourth-order valence-electron chi connectivity index (χ4n) is 11.3. The van der Waals surface area contributed by atoms with Gasteiger partial charge in [-0.15, -0.1) is 0 Å². The Hall–Kier alpha value is -8.98. The zero-order valence-corrected chi connectivity index (χ0v) is 38.0. The van der Waals surface area contributed by atoms with E-state index in [9.17, 15) is 0 Å². The lowest BCUT2D eigenvalue weighted by Crippen LogP contribution is -2.26. The molecule has 1 atom stereocenters. The standard InChI is InChI=1S/C67H46N2/c1-6-21-47(22-7-1)50-27-20-32-54(43-50)69(66-42-37-51(48-23-8-2-9-24-48)44-61(66)49-25-10-3-11-26-49)56-39-41-60-58-34-17-19-36-63(58)67(65(60)46-56)62-35-18-16-33-57(62)59-40-38-55(45-64(59)67)68(52-28-12-4-13-29-52)53-30-14-5-15-31-53/h1-46H. The van der Waals surface area contributed by atoms with E-state index >= 15 is 0 Å². The molecule has 13 rings (SSSR count). The molecule has 0 radical (unpaired) electrons. The van der Waals surface area contributed by atoms with Crippen molar-refractivity contribution in [3.63, 3.8) is 0 Å². The van der Waals surface area contributed by atoms with Gasteiger partial charge in [0.25, 0.3) is 0 Å². The summed E-state index contributed by atoms with van der Waals surface area (Å²) in [4.78, 5) is 4.88. The van der Waals surface area contributed by atoms with Crippen LogP contribution in [0.2, 0.25) is 0 Å². The highest BCUT2D eigenvalue weighted by Gasteiger charge is 2.52. The van der Waals surface area contributed by atoms with Crippen LogP contribution in [0.4, 0.5) is 34.1 Å². The number of nitrogens with zero attached hydrogens (tertiary/aromatic N) is 2. The Balaban J connectivity index is 1.08. The van der Waals surface area contributed by atoms with E-state index in [1.54, 1.807) is 0 Å². The minimum Gasteiger partial charge on any atom is -0.310 e. The third kappa shape index (κ3) is 6.64. The van der Waals surface area contributed by atoms with Crippen LogP contribution in [-0.4, -0.2) is 0 Å². The summed E-state index contributed by atoms with van der Waals surface area (Å²) in [5, 5.41) is 0. The molecule has 11 aromatic rings. The second-order valence-corrected chi connectivity index (χ2v) is 18.0. The summed E-state index contributed by atoms with van der Waals surface area (Å²) in [6.07, 6.45) is 0. The van der Waals surface area contributed by atoms with Gasteiger partial charge in [-0.1, -0.05) is 206 Å². The topological polar surface area (TPSA) is 6.48 Å². The minimum absolute atomic E-state index is 0.597. The number of para-hydroxylation sites is 2. The van der Waals surface area contributed by atoms with Crippen LogP contribution in [0, 0.1) is 0 Å². The van der Waals surface area contributed by atoms with E-state index in [-0.39, 0.29) is 0 Å². The maximum atomic E-state index is 2.51. The van der Waals surface area contributed by atoms with Gasteiger partial charge in [0.05, 0.1) is 11.1 Å². The van der Waals surface area contributed by atoms with Crippen LogP contribution in [-0.2, 0) is 5.41 Å². The molecule has 0 saturated carbocycles. The Bertz CT molecular complexity index is 3610. The fourth-order valence-corrected chi connectivity index (χ4v) is 11.3. The Morgan fingerprint density at radius 2 is 0.594 bits per heavy atom. The molecule has 0 fully saturated rings. The SMILES string of the molecule is c1ccc(-c2cccc(N(c3ccc4c(c3)C3(c5ccccc5-c5ccc(N(c6ccccc6)c6ccccc6)cc53)c3ccccc3-4)c3ccc(-c4ccccc4)cc3-c3ccccc3)c2)cc1. The average molecular weight is 879 g/mol. The molecule has 324 valence electrons. The zero-order valence-electron chi connectivity index (χ0n) is 38.0. The maximum Gasteiger partial charge on any atom is 0.0727 e. The van der Waals surface area contributed by atoms with Gasteiger partial charge in [-0.2, -0.15) is 0 Å². The Kier molecular flexibility index (Phi) is 9.77. The molecular formula is C67H46N2. The second-order valence-electron chi connectivity index (χ2n) is 18.0. The summed E-state index contributed by atoms with van der Waals surface area (Å²) >= 11 is 0. The highest BCUT2D eigenvalue weighted by atomic mass is 15.1. The molecule has 2 heteroatoms. The van der Waals surface area contributed by atoms with Crippen molar-refractivity contribution in [2.75, 3.05) is 9.80 Å². The van der Waals surface area contributed by atoms with Crippen LogP contribution >= 0.6 is 0 Å². The quantitative estimate of drug-likeness (QED) is 0.143. The number of hydrogen-bond acceptors (Lipinski definition) is 2. The van der Waals surface area contributed by atoms with E-state index in [2.05, 4.69) is 289 Å². The zero-order chi connectivity index (χ0) is 45.7. The van der Waals surface area contributed by atoms with Crippen LogP contribution in [0.1, 0.15) is 22.3 Å². The summed E-state index contributed by atoms with van der Waals surface area (Å²) in [5.41, 5.74) is 23.3. The van der Waals surface area contributed by atoms with E-state index in [1.807, 2.05) is 0 Å². The van der Waals surface area contributed by atoms with Crippen LogP contribution in [0.3, 0.4) is 0 Å². The van der Waals surface area contributed by atoms with Crippen LogP contribution < -0.4 is 9.80 Å². The average Bonchev–Trinajstić information content (AvgIpc) is 3.89. The van der Waals surface area contributed by atoms with Crippen molar-refractivity contribution in [1.82, 2.24) is 0 Å². The number of benzene rings is 11. The highest BCUT2D eigenvalue weighted by Crippen LogP contribution is 2.64. The van der Waals surface area contributed by atoms with Gasteiger partial charge >= 0.3 is 0 Å². The number of fused-ring (bicyclic) bond motifs is 10. The molecule has 2 nitrogen and oxygen atoms in total. The summed E-state index contributed by atoms with van der Waals surface area (Å²) in [5.74, 6) is 0. The first-order valence-electron chi connectivity index (χ1n) is 23.8. The lowest BCUT2D eigenvalue weighted by atomic mass is 9.70. The van der Waals surface area contributed by atoms with Gasteiger partial charge in [0.1, 0.15) is 0 Å². The number of anilines is 6. The number of hydrogen-bond donors (Lipinski definition) is 0. The van der Waals surface area contributed by atoms with Gasteiger partial charge in [-0.05, 0) is 145 Å². The first-order chi connectivity index (χ1) is 34.2. The molecule has 0 saturated heterocycles. The van der Waals surface area contributed by atoms with E-state index in [1.165, 1.54) is 61.2 Å². The van der Waals surface area contributed by atoms with Crippen molar-refractivity contribution in [3.8, 4) is 55.6 Å². The van der Waals surface area contributed by atoms with Crippen LogP contribution in [0.15, 0.2) is 279 Å². The molecule has 11 aromatic carbocycles. The van der Waals surface area contributed by atoms with E-state index in [0.717, 1.165) is 50.8 Å². The van der Waals surface area contributed by atoms with Gasteiger partial charge in [-0.3, -0.25) is 0 Å². The Morgan fingerprint density at radius 1 is 0.203 bits per heavy atom. The smallest absolute Gasteiger partial charge is 0.0727 e. The Morgan fingerprint density at radius 3 is 1.13 bits per heavy atom. The maximum absolute atomic E-state index is 2.51. The molecule has 69 heavy (non-hydrogen) atoms. The van der Waals surface area contributed by atoms with Crippen molar-refractivity contribution in [3.05, 3.63) is 301 Å². The third-order valence-electron chi connectivity index (χ3n) is 14.2. The van der Waals surface area contributed by atoms with E-state index in [0.29, 0.717) is 0 Å². The largest absolute Gasteiger partial charge is 0.310 e. The predicted octanol–water partition coefficient (Wildman–Crippen LogP) is 18.0. The van der Waals surface area contributed by atoms with Crippen molar-refractivity contribution >= 4 is 34.1 Å². The van der Waals surface area contributed by atoms with Gasteiger partial charge < -0.3 is 9.80 Å². The fraction of sp³-hybridized carbons (Fsp3) is 0.0149. The van der Waals surface area contributed by atoms with Gasteiger partial charge in [0.2, 0.25) is 0 Å². The first-order valence-corrected chi connectivity index (χ1v) is 23.8. The minimum atomic E-state index is -0.597. The lowest BCUT2D eigenvalue weighted by molar-refractivity contribution is 0.793. The molecule has 1 spiro atoms. The normalized spacial score (nSPS) is 13.9. The van der Waals surface area contributed by atoms with Gasteiger partial charge in [0, 0.05) is 34.0 Å². The molecule has 0 heterocycles. The molecule has 2 aliphatic carbocycles.